The monoisotopic (exact) mass is 424 g/mol. The summed E-state index contributed by atoms with van der Waals surface area (Å²) in [5.74, 6) is 0.0959. The molecule has 2 rings (SSSR count). The van der Waals surface area contributed by atoms with Crippen LogP contribution in [0.3, 0.4) is 0 Å². The van der Waals surface area contributed by atoms with Crippen molar-refractivity contribution >= 4 is 11.9 Å². The van der Waals surface area contributed by atoms with Gasteiger partial charge < -0.3 is 9.47 Å². The number of esters is 2. The highest BCUT2D eigenvalue weighted by atomic mass is 16.5. The fourth-order valence-corrected chi connectivity index (χ4v) is 3.38. The van der Waals surface area contributed by atoms with E-state index in [-0.39, 0.29) is 11.9 Å². The summed E-state index contributed by atoms with van der Waals surface area (Å²) in [6, 6.07) is 17.6. The summed E-state index contributed by atoms with van der Waals surface area (Å²) < 4.78 is 10.6. The lowest BCUT2D eigenvalue weighted by Gasteiger charge is -2.07. The molecule has 0 amide bonds. The van der Waals surface area contributed by atoms with Crippen LogP contribution in [0.1, 0.15) is 77.6 Å². The second-order valence-corrected chi connectivity index (χ2v) is 7.91. The molecule has 0 fully saturated rings. The van der Waals surface area contributed by atoms with Crippen molar-refractivity contribution in [3.05, 3.63) is 54.6 Å². The minimum absolute atomic E-state index is 0.171. The third-order valence-corrected chi connectivity index (χ3v) is 5.22. The number of rotatable bonds is 15. The Labute approximate surface area is 187 Å². The molecule has 0 atom stereocenters. The molecule has 0 N–H and O–H groups in total. The minimum Gasteiger partial charge on any atom is -0.466 e. The molecule has 0 heterocycles. The molecular weight excluding hydrogens is 388 g/mol. The third-order valence-electron chi connectivity index (χ3n) is 5.22. The Morgan fingerprint density at radius 2 is 1.23 bits per heavy atom. The van der Waals surface area contributed by atoms with E-state index in [9.17, 15) is 9.59 Å². The van der Waals surface area contributed by atoms with Crippen molar-refractivity contribution in [1.82, 2.24) is 0 Å². The van der Waals surface area contributed by atoms with Crippen LogP contribution in [0.2, 0.25) is 0 Å². The van der Waals surface area contributed by atoms with E-state index in [1.807, 2.05) is 42.5 Å². The molecular formula is C27H36O4. The largest absolute Gasteiger partial charge is 0.466 e. The van der Waals surface area contributed by atoms with E-state index < -0.39 is 0 Å². The van der Waals surface area contributed by atoms with Crippen molar-refractivity contribution in [2.24, 2.45) is 0 Å². The van der Waals surface area contributed by atoms with Crippen LogP contribution < -0.4 is 4.74 Å². The van der Waals surface area contributed by atoms with Crippen LogP contribution in [0.5, 0.6) is 5.75 Å². The van der Waals surface area contributed by atoms with Crippen molar-refractivity contribution in [1.29, 1.82) is 0 Å². The quantitative estimate of drug-likeness (QED) is 0.174. The van der Waals surface area contributed by atoms with E-state index in [2.05, 4.69) is 6.92 Å². The number of hydrogen-bond donors (Lipinski definition) is 0. The zero-order chi connectivity index (χ0) is 22.2. The first-order valence-electron chi connectivity index (χ1n) is 11.7. The summed E-state index contributed by atoms with van der Waals surface area (Å²) in [4.78, 5) is 23.8. The summed E-state index contributed by atoms with van der Waals surface area (Å²) in [6.07, 6.45) is 10.3. The highest BCUT2D eigenvalue weighted by molar-refractivity contribution is 5.73. The molecule has 4 nitrogen and oxygen atoms in total. The van der Waals surface area contributed by atoms with Gasteiger partial charge >= 0.3 is 11.9 Å². The fraction of sp³-hybridized carbons (Fsp3) is 0.481. The lowest BCUT2D eigenvalue weighted by molar-refractivity contribution is -0.144. The Morgan fingerprint density at radius 3 is 1.90 bits per heavy atom. The Balaban J connectivity index is 1.51. The summed E-state index contributed by atoms with van der Waals surface area (Å²) >= 11 is 0. The van der Waals surface area contributed by atoms with Crippen molar-refractivity contribution < 1.29 is 19.1 Å². The van der Waals surface area contributed by atoms with Crippen LogP contribution in [-0.2, 0) is 14.3 Å². The van der Waals surface area contributed by atoms with E-state index >= 15 is 0 Å². The van der Waals surface area contributed by atoms with Crippen LogP contribution in [0.15, 0.2) is 54.6 Å². The molecule has 168 valence electrons. The average Bonchev–Trinajstić information content (AvgIpc) is 2.79. The molecule has 0 unspecified atom stereocenters. The number of unbranched alkanes of at least 4 members (excludes halogenated alkanes) is 7. The third kappa shape index (κ3) is 10.8. The predicted octanol–water partition coefficient (Wildman–Crippen LogP) is 7.11. The first-order chi connectivity index (χ1) is 15.2. The second kappa shape index (κ2) is 15.2. The topological polar surface area (TPSA) is 52.6 Å². The molecule has 2 aromatic rings. The normalized spacial score (nSPS) is 10.6. The van der Waals surface area contributed by atoms with Gasteiger partial charge in [0.1, 0.15) is 5.75 Å². The lowest BCUT2D eigenvalue weighted by Crippen LogP contribution is -2.09. The van der Waals surface area contributed by atoms with Gasteiger partial charge in [0.2, 0.25) is 0 Å². The second-order valence-electron chi connectivity index (χ2n) is 7.91. The SMILES string of the molecule is CCCCCCCCCOC(=O)CCCCC(=O)Oc1ccc(-c2ccccc2)cc1. The smallest absolute Gasteiger partial charge is 0.311 e. The van der Waals surface area contributed by atoms with E-state index in [1.54, 1.807) is 12.1 Å². The Kier molecular flexibility index (Phi) is 12.1. The van der Waals surface area contributed by atoms with Gasteiger partial charge in [-0.1, -0.05) is 87.9 Å². The maximum absolute atomic E-state index is 12.0. The lowest BCUT2D eigenvalue weighted by atomic mass is 10.1. The molecule has 0 aliphatic heterocycles. The van der Waals surface area contributed by atoms with Crippen LogP contribution in [0, 0.1) is 0 Å². The number of benzene rings is 2. The van der Waals surface area contributed by atoms with E-state index in [4.69, 9.17) is 9.47 Å². The average molecular weight is 425 g/mol. The van der Waals surface area contributed by atoms with Crippen LogP contribution >= 0.6 is 0 Å². The van der Waals surface area contributed by atoms with Crippen molar-refractivity contribution in [2.45, 2.75) is 77.6 Å². The molecule has 0 spiro atoms. The minimum atomic E-state index is -0.274. The molecule has 0 saturated carbocycles. The van der Waals surface area contributed by atoms with Gasteiger partial charge in [0.05, 0.1) is 6.61 Å². The first kappa shape index (κ1) is 24.6. The number of carbonyl (C=O) groups is 2. The van der Waals surface area contributed by atoms with Crippen LogP contribution in [0.25, 0.3) is 11.1 Å². The highest BCUT2D eigenvalue weighted by Crippen LogP contribution is 2.22. The Morgan fingerprint density at radius 1 is 0.645 bits per heavy atom. The highest BCUT2D eigenvalue weighted by Gasteiger charge is 2.08. The Hall–Kier alpha value is -2.62. The molecule has 0 bridgehead atoms. The molecule has 2 aromatic carbocycles. The molecule has 0 aliphatic rings. The number of hydrogen-bond acceptors (Lipinski definition) is 4. The molecule has 4 heteroatoms. The van der Waals surface area contributed by atoms with Crippen LogP contribution in [-0.4, -0.2) is 18.5 Å². The zero-order valence-corrected chi connectivity index (χ0v) is 18.8. The van der Waals surface area contributed by atoms with Crippen molar-refractivity contribution in [2.75, 3.05) is 6.61 Å². The maximum atomic E-state index is 12.0. The standard InChI is InChI=1S/C27H36O4/c1-2-3-4-5-6-7-13-22-30-26(28)16-11-12-17-27(29)31-25-20-18-24(19-21-25)23-14-9-8-10-15-23/h8-10,14-15,18-21H,2-7,11-13,16-17,22H2,1H3. The van der Waals surface area contributed by atoms with Gasteiger partial charge in [-0.15, -0.1) is 0 Å². The summed E-state index contributed by atoms with van der Waals surface area (Å²) in [7, 11) is 0. The summed E-state index contributed by atoms with van der Waals surface area (Å²) in [5.41, 5.74) is 2.20. The Bertz CT molecular complexity index is 753. The van der Waals surface area contributed by atoms with Gasteiger partial charge in [0.25, 0.3) is 0 Å². The van der Waals surface area contributed by atoms with Crippen molar-refractivity contribution in [3.63, 3.8) is 0 Å². The maximum Gasteiger partial charge on any atom is 0.311 e. The van der Waals surface area contributed by atoms with Gasteiger partial charge in [0.15, 0.2) is 0 Å². The molecule has 0 saturated heterocycles. The van der Waals surface area contributed by atoms with Gasteiger partial charge in [-0.05, 0) is 42.5 Å². The predicted molar refractivity (Wildman–Crippen MR) is 125 cm³/mol. The number of ether oxygens (including phenoxy) is 2. The molecule has 0 aliphatic carbocycles. The molecule has 0 aromatic heterocycles. The first-order valence-corrected chi connectivity index (χ1v) is 11.7. The van der Waals surface area contributed by atoms with E-state index in [1.165, 1.54) is 32.1 Å². The van der Waals surface area contributed by atoms with E-state index in [0.717, 1.165) is 24.0 Å². The van der Waals surface area contributed by atoms with Crippen molar-refractivity contribution in [3.8, 4) is 16.9 Å². The van der Waals surface area contributed by atoms with Crippen LogP contribution in [0.4, 0.5) is 0 Å². The number of carbonyl (C=O) groups excluding carboxylic acids is 2. The summed E-state index contributed by atoms with van der Waals surface area (Å²) in [5, 5.41) is 0. The molecule has 31 heavy (non-hydrogen) atoms. The van der Waals surface area contributed by atoms with E-state index in [0.29, 0.717) is 38.0 Å². The van der Waals surface area contributed by atoms with Gasteiger partial charge in [-0.3, -0.25) is 9.59 Å². The summed E-state index contributed by atoms with van der Waals surface area (Å²) in [6.45, 7) is 2.72. The zero-order valence-electron chi connectivity index (χ0n) is 18.8. The van der Waals surface area contributed by atoms with Gasteiger partial charge in [0, 0.05) is 12.8 Å². The fourth-order valence-electron chi connectivity index (χ4n) is 3.38. The van der Waals surface area contributed by atoms with Gasteiger partial charge in [-0.25, -0.2) is 0 Å². The molecule has 0 radical (unpaired) electrons. The van der Waals surface area contributed by atoms with Gasteiger partial charge in [-0.2, -0.15) is 0 Å².